The highest BCUT2D eigenvalue weighted by atomic mass is 19.2. The van der Waals surface area contributed by atoms with Gasteiger partial charge in [0.1, 0.15) is 0 Å². The molecule has 1 N–H and O–H groups in total. The van der Waals surface area contributed by atoms with Crippen LogP contribution in [0.2, 0.25) is 0 Å². The highest BCUT2D eigenvalue weighted by Gasteiger charge is 2.35. The number of fused-ring (bicyclic) bond motifs is 1. The lowest BCUT2D eigenvalue weighted by molar-refractivity contribution is 0.159. The Balaban J connectivity index is 2.15. The number of hydrogen-bond donors (Lipinski definition) is 1. The Kier molecular flexibility index (Phi) is 4.41. The molecule has 0 saturated heterocycles. The molecule has 3 atom stereocenters. The predicted octanol–water partition coefficient (Wildman–Crippen LogP) is 3.57. The zero-order chi connectivity index (χ0) is 16.6. The second-order valence-corrected chi connectivity index (χ2v) is 6.23. The Morgan fingerprint density at radius 3 is 2.57 bits per heavy atom. The fourth-order valence-corrected chi connectivity index (χ4v) is 3.58. The van der Waals surface area contributed by atoms with Gasteiger partial charge < -0.3 is 10.0 Å². The van der Waals surface area contributed by atoms with Crippen LogP contribution in [0, 0.1) is 11.6 Å². The molecule has 0 saturated carbocycles. The standard InChI is InChI=1S/C18H20F2N2O/c1-22(2)18-12(11-5-3-7-14(19)16(11)20)8-9-15(23)17-13(18)6-4-10-21-17/h3-7,10,12,15,18,23H,8-9H2,1-2H3/t12-,15+,18-/m0/s1. The van der Waals surface area contributed by atoms with Crippen molar-refractivity contribution in [3.8, 4) is 0 Å². The van der Waals surface area contributed by atoms with Crippen LogP contribution >= 0.6 is 0 Å². The first kappa shape index (κ1) is 16.0. The van der Waals surface area contributed by atoms with Crippen LogP contribution in [-0.2, 0) is 0 Å². The van der Waals surface area contributed by atoms with Crippen LogP contribution in [0.1, 0.15) is 47.7 Å². The maximum atomic E-state index is 14.4. The first-order valence-corrected chi connectivity index (χ1v) is 7.74. The number of aliphatic hydroxyl groups is 1. The summed E-state index contributed by atoms with van der Waals surface area (Å²) in [6, 6.07) is 7.84. The fraction of sp³-hybridized carbons (Fsp3) is 0.389. The molecule has 122 valence electrons. The highest BCUT2D eigenvalue weighted by Crippen LogP contribution is 2.45. The third-order valence-electron chi connectivity index (χ3n) is 4.58. The largest absolute Gasteiger partial charge is 0.387 e. The lowest BCUT2D eigenvalue weighted by Crippen LogP contribution is -2.27. The topological polar surface area (TPSA) is 36.4 Å². The lowest BCUT2D eigenvalue weighted by Gasteiger charge is -2.32. The maximum Gasteiger partial charge on any atom is 0.162 e. The van der Waals surface area contributed by atoms with Crippen molar-refractivity contribution in [2.24, 2.45) is 0 Å². The van der Waals surface area contributed by atoms with Crippen LogP contribution in [0.3, 0.4) is 0 Å². The molecule has 0 fully saturated rings. The van der Waals surface area contributed by atoms with Crippen molar-refractivity contribution in [1.29, 1.82) is 0 Å². The van der Waals surface area contributed by atoms with Gasteiger partial charge in [0.2, 0.25) is 0 Å². The third kappa shape index (κ3) is 2.86. The Morgan fingerprint density at radius 2 is 1.83 bits per heavy atom. The number of aromatic nitrogens is 1. The van der Waals surface area contributed by atoms with Crippen LogP contribution < -0.4 is 0 Å². The van der Waals surface area contributed by atoms with Crippen molar-refractivity contribution in [1.82, 2.24) is 9.88 Å². The van der Waals surface area contributed by atoms with E-state index in [2.05, 4.69) is 4.98 Å². The number of aliphatic hydroxyl groups excluding tert-OH is 1. The van der Waals surface area contributed by atoms with Crippen LogP contribution in [-0.4, -0.2) is 29.1 Å². The molecule has 1 heterocycles. The van der Waals surface area contributed by atoms with E-state index in [9.17, 15) is 13.9 Å². The van der Waals surface area contributed by atoms with Crippen molar-refractivity contribution < 1.29 is 13.9 Å². The zero-order valence-electron chi connectivity index (χ0n) is 13.2. The fourth-order valence-electron chi connectivity index (χ4n) is 3.58. The van der Waals surface area contributed by atoms with Crippen molar-refractivity contribution in [3.05, 3.63) is 65.0 Å². The molecule has 0 bridgehead atoms. The van der Waals surface area contributed by atoms with E-state index in [1.807, 2.05) is 31.1 Å². The Bertz CT molecular complexity index is 705. The average molecular weight is 318 g/mol. The lowest BCUT2D eigenvalue weighted by atomic mass is 9.84. The molecular formula is C18H20F2N2O. The van der Waals surface area contributed by atoms with Gasteiger partial charge in [-0.25, -0.2) is 8.78 Å². The quantitative estimate of drug-likeness (QED) is 0.860. The molecule has 0 aliphatic heterocycles. The Labute approximate surface area is 134 Å². The Hall–Kier alpha value is -1.85. The average Bonchev–Trinajstić information content (AvgIpc) is 2.67. The summed E-state index contributed by atoms with van der Waals surface area (Å²) in [5.41, 5.74) is 1.86. The number of likely N-dealkylation sites (N-methyl/N-ethyl adjacent to an activating group) is 1. The highest BCUT2D eigenvalue weighted by molar-refractivity contribution is 5.34. The normalized spacial score (nSPS) is 24.3. The van der Waals surface area contributed by atoms with Gasteiger partial charge in [-0.2, -0.15) is 0 Å². The van der Waals surface area contributed by atoms with E-state index >= 15 is 0 Å². The van der Waals surface area contributed by atoms with Gasteiger partial charge in [-0.3, -0.25) is 4.98 Å². The van der Waals surface area contributed by atoms with Gasteiger partial charge in [0, 0.05) is 18.2 Å². The van der Waals surface area contributed by atoms with Crippen molar-refractivity contribution in [2.45, 2.75) is 30.9 Å². The van der Waals surface area contributed by atoms with Crippen molar-refractivity contribution >= 4 is 0 Å². The monoisotopic (exact) mass is 318 g/mol. The summed E-state index contributed by atoms with van der Waals surface area (Å²) < 4.78 is 28.0. The first-order valence-electron chi connectivity index (χ1n) is 7.74. The summed E-state index contributed by atoms with van der Waals surface area (Å²) in [4.78, 5) is 6.30. The van der Waals surface area contributed by atoms with Gasteiger partial charge in [0.15, 0.2) is 11.6 Å². The number of hydrogen-bond acceptors (Lipinski definition) is 3. The van der Waals surface area contributed by atoms with E-state index in [1.165, 1.54) is 6.07 Å². The molecule has 1 aliphatic carbocycles. The first-order chi connectivity index (χ1) is 11.0. The van der Waals surface area contributed by atoms with E-state index in [0.717, 1.165) is 11.6 Å². The van der Waals surface area contributed by atoms with Crippen molar-refractivity contribution in [3.63, 3.8) is 0 Å². The molecule has 1 aromatic heterocycles. The minimum absolute atomic E-state index is 0.174. The molecule has 5 heteroatoms. The van der Waals surface area contributed by atoms with E-state index in [4.69, 9.17) is 0 Å². The molecule has 1 aliphatic rings. The van der Waals surface area contributed by atoms with Gasteiger partial charge >= 0.3 is 0 Å². The maximum absolute atomic E-state index is 14.4. The molecular weight excluding hydrogens is 298 g/mol. The molecule has 3 nitrogen and oxygen atoms in total. The Morgan fingerprint density at radius 1 is 1.09 bits per heavy atom. The molecule has 3 rings (SSSR count). The third-order valence-corrected chi connectivity index (χ3v) is 4.58. The number of nitrogens with zero attached hydrogens (tertiary/aromatic N) is 2. The number of benzene rings is 1. The summed E-state index contributed by atoms with van der Waals surface area (Å²) in [6.07, 6.45) is 1.99. The number of halogens is 2. The van der Waals surface area contributed by atoms with Gasteiger partial charge in [-0.05, 0) is 50.2 Å². The molecule has 0 unspecified atom stereocenters. The molecule has 0 spiro atoms. The number of pyridine rings is 1. The SMILES string of the molecule is CN(C)[C@@H]1c2cccnc2[C@H](O)CC[C@H]1c1cccc(F)c1F. The minimum Gasteiger partial charge on any atom is -0.387 e. The predicted molar refractivity (Wildman–Crippen MR) is 84.0 cm³/mol. The van der Waals surface area contributed by atoms with Crippen LogP contribution in [0.25, 0.3) is 0 Å². The zero-order valence-corrected chi connectivity index (χ0v) is 13.2. The summed E-state index contributed by atoms with van der Waals surface area (Å²) in [7, 11) is 3.81. The molecule has 23 heavy (non-hydrogen) atoms. The smallest absolute Gasteiger partial charge is 0.162 e. The summed E-state index contributed by atoms with van der Waals surface area (Å²) in [5, 5.41) is 10.4. The summed E-state index contributed by atoms with van der Waals surface area (Å²) >= 11 is 0. The second kappa shape index (κ2) is 6.34. The van der Waals surface area contributed by atoms with Crippen molar-refractivity contribution in [2.75, 3.05) is 14.1 Å². The van der Waals surface area contributed by atoms with E-state index in [1.54, 1.807) is 12.3 Å². The van der Waals surface area contributed by atoms with Crippen LogP contribution in [0.15, 0.2) is 36.5 Å². The van der Waals surface area contributed by atoms with Gasteiger partial charge in [0.05, 0.1) is 11.8 Å². The van der Waals surface area contributed by atoms with Crippen LogP contribution in [0.4, 0.5) is 8.78 Å². The molecule has 1 aromatic carbocycles. The molecule has 0 amide bonds. The van der Waals surface area contributed by atoms with Gasteiger partial charge in [-0.1, -0.05) is 18.2 Å². The van der Waals surface area contributed by atoms with Gasteiger partial charge in [0.25, 0.3) is 0 Å². The van der Waals surface area contributed by atoms with E-state index in [-0.39, 0.29) is 12.0 Å². The van der Waals surface area contributed by atoms with E-state index < -0.39 is 17.7 Å². The summed E-state index contributed by atoms with van der Waals surface area (Å²) in [5.74, 6) is -1.89. The number of rotatable bonds is 2. The van der Waals surface area contributed by atoms with Gasteiger partial charge in [-0.15, -0.1) is 0 Å². The van der Waals surface area contributed by atoms with Crippen LogP contribution in [0.5, 0.6) is 0 Å². The summed E-state index contributed by atoms with van der Waals surface area (Å²) in [6.45, 7) is 0. The molecule has 0 radical (unpaired) electrons. The second-order valence-electron chi connectivity index (χ2n) is 6.23. The minimum atomic E-state index is -0.837. The molecule has 2 aromatic rings. The van der Waals surface area contributed by atoms with E-state index in [0.29, 0.717) is 24.1 Å².